The molecule has 0 fully saturated rings. The summed E-state index contributed by atoms with van der Waals surface area (Å²) in [6.07, 6.45) is 0.551. The van der Waals surface area contributed by atoms with E-state index in [4.69, 9.17) is 0 Å². The lowest BCUT2D eigenvalue weighted by molar-refractivity contribution is -0.384. The number of non-ortho nitro benzene ring substituents is 1. The van der Waals surface area contributed by atoms with Crippen molar-refractivity contribution in [2.24, 2.45) is 0 Å². The second-order valence-corrected chi connectivity index (χ2v) is 8.96. The molecule has 0 radical (unpaired) electrons. The van der Waals surface area contributed by atoms with Crippen molar-refractivity contribution in [1.82, 2.24) is 4.90 Å². The van der Waals surface area contributed by atoms with Gasteiger partial charge in [0.15, 0.2) is 0 Å². The summed E-state index contributed by atoms with van der Waals surface area (Å²) in [6, 6.07) is 32.9. The Bertz CT molecular complexity index is 1370. The van der Waals surface area contributed by atoms with Gasteiger partial charge in [0.1, 0.15) is 6.17 Å². The Labute approximate surface area is 210 Å². The molecular formula is C30H27N3O3. The van der Waals surface area contributed by atoms with Crippen LogP contribution in [0.3, 0.4) is 0 Å². The van der Waals surface area contributed by atoms with E-state index < -0.39 is 4.92 Å². The summed E-state index contributed by atoms with van der Waals surface area (Å²) in [5.41, 5.74) is 5.26. The molecule has 180 valence electrons. The van der Waals surface area contributed by atoms with Gasteiger partial charge in [0.25, 0.3) is 11.6 Å². The van der Waals surface area contributed by atoms with Gasteiger partial charge in [0, 0.05) is 25.2 Å². The summed E-state index contributed by atoms with van der Waals surface area (Å²) >= 11 is 0. The lowest BCUT2D eigenvalue weighted by Gasteiger charge is -2.46. The number of hydrogen-bond donors (Lipinski definition) is 0. The number of nitro groups is 1. The lowest BCUT2D eigenvalue weighted by Crippen LogP contribution is -2.48. The van der Waals surface area contributed by atoms with Crippen molar-refractivity contribution in [1.29, 1.82) is 0 Å². The number of nitrogens with zero attached hydrogens (tertiary/aromatic N) is 3. The Kier molecular flexibility index (Phi) is 6.50. The first-order valence-electron chi connectivity index (χ1n) is 12.1. The molecular weight excluding hydrogens is 450 g/mol. The number of rotatable bonds is 7. The molecule has 36 heavy (non-hydrogen) atoms. The molecule has 1 aliphatic heterocycles. The fraction of sp³-hybridized carbons (Fsp3) is 0.167. The Morgan fingerprint density at radius 2 is 1.33 bits per heavy atom. The van der Waals surface area contributed by atoms with Crippen LogP contribution in [0.4, 0.5) is 11.4 Å². The van der Waals surface area contributed by atoms with E-state index in [1.165, 1.54) is 17.7 Å². The maximum absolute atomic E-state index is 14.0. The summed E-state index contributed by atoms with van der Waals surface area (Å²) in [5, 5.41) is 11.6. The first kappa shape index (κ1) is 23.3. The van der Waals surface area contributed by atoms with Gasteiger partial charge < -0.3 is 9.80 Å². The van der Waals surface area contributed by atoms with Crippen molar-refractivity contribution >= 4 is 17.3 Å². The summed E-state index contributed by atoms with van der Waals surface area (Å²) in [4.78, 5) is 29.1. The molecule has 1 atom stereocenters. The van der Waals surface area contributed by atoms with Gasteiger partial charge in [-0.3, -0.25) is 14.9 Å². The Morgan fingerprint density at radius 3 is 1.89 bits per heavy atom. The van der Waals surface area contributed by atoms with E-state index in [0.717, 1.165) is 23.1 Å². The van der Waals surface area contributed by atoms with Crippen LogP contribution in [0.2, 0.25) is 0 Å². The fourth-order valence-corrected chi connectivity index (χ4v) is 4.80. The second-order valence-electron chi connectivity index (χ2n) is 8.96. The number of benzene rings is 4. The summed E-state index contributed by atoms with van der Waals surface area (Å²) in [7, 11) is 0. The van der Waals surface area contributed by atoms with Gasteiger partial charge in [-0.1, -0.05) is 91.9 Å². The molecule has 1 amide bonds. The normalized spacial score (nSPS) is 15.0. The average Bonchev–Trinajstić information content (AvgIpc) is 2.92. The monoisotopic (exact) mass is 477 g/mol. The number of carbonyl (C=O) groups excluding carboxylic acids is 1. The number of fused-ring (bicyclic) bond motifs is 1. The number of hydrogen-bond acceptors (Lipinski definition) is 4. The molecule has 0 saturated heterocycles. The van der Waals surface area contributed by atoms with E-state index in [1.807, 2.05) is 53.4 Å². The first-order chi connectivity index (χ1) is 17.5. The van der Waals surface area contributed by atoms with Gasteiger partial charge in [-0.15, -0.1) is 0 Å². The van der Waals surface area contributed by atoms with Crippen LogP contribution < -0.4 is 4.90 Å². The van der Waals surface area contributed by atoms with E-state index in [2.05, 4.69) is 48.2 Å². The molecule has 4 aromatic rings. The second kappa shape index (κ2) is 10.0. The standard InChI is InChI=1S/C30H27N3O3/c1-2-22-13-15-25(16-14-22)29-31(20-23-9-5-3-6-10-23)28-18-17-26(33(35)36)19-27(28)30(34)32(29)21-24-11-7-4-8-12-24/h3-19,29H,2,20-21H2,1H3/t29-/m0/s1. The Morgan fingerprint density at radius 1 is 0.750 bits per heavy atom. The fourth-order valence-electron chi connectivity index (χ4n) is 4.80. The van der Waals surface area contributed by atoms with Gasteiger partial charge in [-0.2, -0.15) is 0 Å². The van der Waals surface area contributed by atoms with Gasteiger partial charge in [0.2, 0.25) is 0 Å². The lowest BCUT2D eigenvalue weighted by atomic mass is 9.97. The van der Waals surface area contributed by atoms with Crippen LogP contribution in [0.1, 0.15) is 45.7 Å². The maximum Gasteiger partial charge on any atom is 0.270 e. The van der Waals surface area contributed by atoms with Gasteiger partial charge in [-0.25, -0.2) is 0 Å². The molecule has 1 heterocycles. The smallest absolute Gasteiger partial charge is 0.270 e. The minimum atomic E-state index is -0.452. The first-order valence-corrected chi connectivity index (χ1v) is 12.1. The zero-order chi connectivity index (χ0) is 25.1. The van der Waals surface area contributed by atoms with E-state index in [1.54, 1.807) is 6.07 Å². The molecule has 6 heteroatoms. The molecule has 1 aliphatic rings. The number of aryl methyl sites for hydroxylation is 1. The highest BCUT2D eigenvalue weighted by atomic mass is 16.6. The van der Waals surface area contributed by atoms with Crippen molar-refractivity contribution in [3.05, 3.63) is 141 Å². The van der Waals surface area contributed by atoms with E-state index in [9.17, 15) is 14.9 Å². The zero-order valence-electron chi connectivity index (χ0n) is 20.1. The predicted octanol–water partition coefficient (Wildman–Crippen LogP) is 6.52. The summed E-state index contributed by atoms with van der Waals surface area (Å²) < 4.78 is 0. The number of nitro benzene ring substituents is 1. The van der Waals surface area contributed by atoms with Crippen LogP contribution in [0.25, 0.3) is 0 Å². The molecule has 0 bridgehead atoms. The maximum atomic E-state index is 14.0. The minimum Gasteiger partial charge on any atom is -0.342 e. The molecule has 0 saturated carbocycles. The molecule has 4 aromatic carbocycles. The van der Waals surface area contributed by atoms with Gasteiger partial charge >= 0.3 is 0 Å². The number of amides is 1. The quantitative estimate of drug-likeness (QED) is 0.225. The molecule has 0 aliphatic carbocycles. The SMILES string of the molecule is CCc1ccc([C@@H]2N(Cc3ccccc3)C(=O)c3cc([N+](=O)[O-])ccc3N2Cc2ccccc2)cc1. The molecule has 0 spiro atoms. The van der Waals surface area contributed by atoms with Crippen molar-refractivity contribution < 1.29 is 9.72 Å². The molecule has 0 aromatic heterocycles. The third kappa shape index (κ3) is 4.58. The van der Waals surface area contributed by atoms with Gasteiger partial charge in [-0.05, 0) is 34.7 Å². The highest BCUT2D eigenvalue weighted by molar-refractivity contribution is 6.02. The van der Waals surface area contributed by atoms with Crippen LogP contribution in [0, 0.1) is 10.1 Å². The van der Waals surface area contributed by atoms with Crippen LogP contribution in [-0.2, 0) is 19.5 Å². The number of carbonyl (C=O) groups is 1. The zero-order valence-corrected chi connectivity index (χ0v) is 20.1. The van der Waals surface area contributed by atoms with Crippen LogP contribution in [0.15, 0.2) is 103 Å². The molecule has 0 N–H and O–H groups in total. The van der Waals surface area contributed by atoms with Gasteiger partial charge in [0.05, 0.1) is 16.2 Å². The highest BCUT2D eigenvalue weighted by Crippen LogP contribution is 2.42. The summed E-state index contributed by atoms with van der Waals surface area (Å²) in [5.74, 6) is -0.216. The van der Waals surface area contributed by atoms with Crippen molar-refractivity contribution in [3.8, 4) is 0 Å². The third-order valence-corrected chi connectivity index (χ3v) is 6.66. The van der Waals surface area contributed by atoms with E-state index in [0.29, 0.717) is 24.3 Å². The summed E-state index contributed by atoms with van der Waals surface area (Å²) in [6.45, 7) is 3.05. The largest absolute Gasteiger partial charge is 0.342 e. The van der Waals surface area contributed by atoms with Crippen LogP contribution >= 0.6 is 0 Å². The predicted molar refractivity (Wildman–Crippen MR) is 141 cm³/mol. The van der Waals surface area contributed by atoms with Crippen molar-refractivity contribution in [3.63, 3.8) is 0 Å². The van der Waals surface area contributed by atoms with Crippen LogP contribution in [0.5, 0.6) is 0 Å². The molecule has 0 unspecified atom stereocenters. The topological polar surface area (TPSA) is 66.7 Å². The number of anilines is 1. The average molecular weight is 478 g/mol. The van der Waals surface area contributed by atoms with Crippen molar-refractivity contribution in [2.75, 3.05) is 4.90 Å². The van der Waals surface area contributed by atoms with Crippen LogP contribution in [-0.4, -0.2) is 15.7 Å². The molecule has 6 nitrogen and oxygen atoms in total. The van der Waals surface area contributed by atoms with Crippen molar-refractivity contribution in [2.45, 2.75) is 32.6 Å². The van der Waals surface area contributed by atoms with E-state index in [-0.39, 0.29) is 17.8 Å². The molecule has 5 rings (SSSR count). The minimum absolute atomic E-state index is 0.0906. The highest BCUT2D eigenvalue weighted by Gasteiger charge is 2.39. The Balaban J connectivity index is 1.69. The van der Waals surface area contributed by atoms with E-state index >= 15 is 0 Å². The third-order valence-electron chi connectivity index (χ3n) is 6.66. The Hall–Kier alpha value is -4.45.